The first kappa shape index (κ1) is 17.7. The number of halogens is 1. The largest absolute Gasteiger partial charge is 0.489 e. The number of hydrogen-bond donors (Lipinski definition) is 1. The van der Waals surface area contributed by atoms with Crippen LogP contribution >= 0.6 is 0 Å². The van der Waals surface area contributed by atoms with Crippen molar-refractivity contribution in [1.82, 2.24) is 9.55 Å². The van der Waals surface area contributed by atoms with Gasteiger partial charge in [0.15, 0.2) is 0 Å². The number of nitrogens with zero attached hydrogens (tertiary/aromatic N) is 2. The molecule has 3 aromatic rings. The van der Waals surface area contributed by atoms with E-state index < -0.39 is 0 Å². The molecule has 0 aliphatic rings. The van der Waals surface area contributed by atoms with E-state index in [0.717, 1.165) is 11.4 Å². The summed E-state index contributed by atoms with van der Waals surface area (Å²) < 4.78 is 20.4. The molecular formula is C20H20FN3O2. The highest BCUT2D eigenvalue weighted by Gasteiger charge is 2.09. The van der Waals surface area contributed by atoms with Crippen molar-refractivity contribution in [1.29, 1.82) is 0 Å². The summed E-state index contributed by atoms with van der Waals surface area (Å²) >= 11 is 0. The molecule has 1 atom stereocenters. The molecule has 1 heterocycles. The minimum Gasteiger partial charge on any atom is -0.489 e. The molecule has 0 saturated heterocycles. The second kappa shape index (κ2) is 7.82. The van der Waals surface area contributed by atoms with Gasteiger partial charge >= 0.3 is 5.69 Å². The normalized spacial score (nSPS) is 11.8. The minimum absolute atomic E-state index is 0.226. The lowest BCUT2D eigenvalue weighted by Crippen LogP contribution is -2.27. The van der Waals surface area contributed by atoms with Gasteiger partial charge in [-0.1, -0.05) is 24.3 Å². The van der Waals surface area contributed by atoms with Crippen LogP contribution in [0.4, 0.5) is 10.2 Å². The van der Waals surface area contributed by atoms with Gasteiger partial charge in [-0.15, -0.1) is 0 Å². The summed E-state index contributed by atoms with van der Waals surface area (Å²) in [4.78, 5) is 16.5. The predicted octanol–water partition coefficient (Wildman–Crippen LogP) is 3.56. The van der Waals surface area contributed by atoms with Crippen molar-refractivity contribution in [3.8, 4) is 11.4 Å². The van der Waals surface area contributed by atoms with Crippen LogP contribution in [0.15, 0.2) is 65.5 Å². The molecular weight excluding hydrogens is 333 g/mol. The van der Waals surface area contributed by atoms with Crippen LogP contribution in [0.25, 0.3) is 5.69 Å². The molecule has 0 amide bonds. The van der Waals surface area contributed by atoms with Crippen molar-refractivity contribution in [3.63, 3.8) is 0 Å². The molecule has 0 fully saturated rings. The lowest BCUT2D eigenvalue weighted by atomic mass is 10.3. The number of ether oxygens (including phenoxy) is 1. The molecule has 0 radical (unpaired) electrons. The quantitative estimate of drug-likeness (QED) is 0.736. The highest BCUT2D eigenvalue weighted by molar-refractivity contribution is 5.40. The molecule has 2 aromatic carbocycles. The Balaban J connectivity index is 1.68. The molecule has 0 spiro atoms. The van der Waals surface area contributed by atoms with Crippen molar-refractivity contribution < 1.29 is 9.13 Å². The van der Waals surface area contributed by atoms with Crippen LogP contribution in [-0.2, 0) is 0 Å². The van der Waals surface area contributed by atoms with E-state index in [2.05, 4.69) is 10.3 Å². The van der Waals surface area contributed by atoms with Gasteiger partial charge in [0.05, 0.1) is 12.2 Å². The Labute approximate surface area is 151 Å². The van der Waals surface area contributed by atoms with Crippen molar-refractivity contribution in [2.24, 2.45) is 0 Å². The van der Waals surface area contributed by atoms with Crippen LogP contribution in [0.3, 0.4) is 0 Å². The summed E-state index contributed by atoms with van der Waals surface area (Å²) in [5.41, 5.74) is 1.20. The van der Waals surface area contributed by atoms with Gasteiger partial charge in [-0.3, -0.25) is 4.57 Å². The Morgan fingerprint density at radius 3 is 2.62 bits per heavy atom. The molecule has 26 heavy (non-hydrogen) atoms. The molecule has 0 aliphatic heterocycles. The maximum Gasteiger partial charge on any atom is 0.354 e. The Morgan fingerprint density at radius 1 is 1.15 bits per heavy atom. The van der Waals surface area contributed by atoms with E-state index in [9.17, 15) is 9.18 Å². The fraction of sp³-hybridized carbons (Fsp3) is 0.200. The molecule has 3 rings (SSSR count). The number of nitrogens with one attached hydrogen (secondary N) is 1. The van der Waals surface area contributed by atoms with Gasteiger partial charge in [0.1, 0.15) is 23.5 Å². The van der Waals surface area contributed by atoms with Gasteiger partial charge in [0, 0.05) is 17.8 Å². The first-order valence-electron chi connectivity index (χ1n) is 8.35. The maximum atomic E-state index is 13.2. The van der Waals surface area contributed by atoms with E-state index in [1.54, 1.807) is 16.7 Å². The van der Waals surface area contributed by atoms with E-state index in [1.165, 1.54) is 12.1 Å². The van der Waals surface area contributed by atoms with Crippen molar-refractivity contribution in [2.75, 3.05) is 11.9 Å². The average Bonchev–Trinajstić information content (AvgIpc) is 2.60. The van der Waals surface area contributed by atoms with Crippen molar-refractivity contribution in [3.05, 3.63) is 82.7 Å². The monoisotopic (exact) mass is 353 g/mol. The maximum absolute atomic E-state index is 13.2. The zero-order valence-corrected chi connectivity index (χ0v) is 14.6. The van der Waals surface area contributed by atoms with Gasteiger partial charge in [-0.2, -0.15) is 4.98 Å². The average molecular weight is 353 g/mol. The van der Waals surface area contributed by atoms with Crippen LogP contribution in [0, 0.1) is 12.7 Å². The van der Waals surface area contributed by atoms with Gasteiger partial charge in [-0.25, -0.2) is 9.18 Å². The number of para-hydroxylation sites is 1. The SMILES string of the molecule is Cc1cc(NCC(C)Oc2cccc(F)c2)nc(=O)n1-c1ccccc1. The fourth-order valence-corrected chi connectivity index (χ4v) is 2.64. The van der Waals surface area contributed by atoms with Crippen LogP contribution in [-0.4, -0.2) is 22.2 Å². The molecule has 1 aromatic heterocycles. The zero-order chi connectivity index (χ0) is 18.5. The van der Waals surface area contributed by atoms with E-state index in [0.29, 0.717) is 18.1 Å². The summed E-state index contributed by atoms with van der Waals surface area (Å²) in [6, 6.07) is 17.2. The third-order valence-electron chi connectivity index (χ3n) is 3.82. The Hall–Kier alpha value is -3.15. The van der Waals surface area contributed by atoms with E-state index in [-0.39, 0.29) is 17.6 Å². The molecule has 6 heteroatoms. The number of benzene rings is 2. The summed E-state index contributed by atoms with van der Waals surface area (Å²) in [6.07, 6.45) is -0.226. The van der Waals surface area contributed by atoms with E-state index in [4.69, 9.17) is 4.74 Å². The Kier molecular flexibility index (Phi) is 5.31. The summed E-state index contributed by atoms with van der Waals surface area (Å²) in [5.74, 6) is 0.599. The van der Waals surface area contributed by atoms with Gasteiger partial charge in [0.2, 0.25) is 0 Å². The third kappa shape index (κ3) is 4.27. The van der Waals surface area contributed by atoms with Gasteiger partial charge < -0.3 is 10.1 Å². The van der Waals surface area contributed by atoms with Crippen LogP contribution in [0.2, 0.25) is 0 Å². The molecule has 0 aliphatic carbocycles. The van der Waals surface area contributed by atoms with E-state index in [1.807, 2.05) is 50.2 Å². The minimum atomic E-state index is -0.350. The molecule has 5 nitrogen and oxygen atoms in total. The molecule has 0 bridgehead atoms. The van der Waals surface area contributed by atoms with Crippen molar-refractivity contribution >= 4 is 5.82 Å². The summed E-state index contributed by atoms with van der Waals surface area (Å²) in [5, 5.41) is 3.10. The molecule has 1 unspecified atom stereocenters. The van der Waals surface area contributed by atoms with Gasteiger partial charge in [0.25, 0.3) is 0 Å². The second-order valence-corrected chi connectivity index (χ2v) is 6.00. The van der Waals surface area contributed by atoms with E-state index >= 15 is 0 Å². The topological polar surface area (TPSA) is 56.1 Å². The molecule has 0 saturated carbocycles. The third-order valence-corrected chi connectivity index (χ3v) is 3.82. The second-order valence-electron chi connectivity index (χ2n) is 6.00. The zero-order valence-electron chi connectivity index (χ0n) is 14.6. The highest BCUT2D eigenvalue weighted by atomic mass is 19.1. The summed E-state index contributed by atoms with van der Waals surface area (Å²) in [7, 11) is 0. The smallest absolute Gasteiger partial charge is 0.354 e. The highest BCUT2D eigenvalue weighted by Crippen LogP contribution is 2.14. The van der Waals surface area contributed by atoms with Gasteiger partial charge in [-0.05, 0) is 38.1 Å². The number of aromatic nitrogens is 2. The molecule has 134 valence electrons. The number of hydrogen-bond acceptors (Lipinski definition) is 4. The first-order chi connectivity index (χ1) is 12.5. The van der Waals surface area contributed by atoms with Crippen LogP contribution in [0.1, 0.15) is 12.6 Å². The Morgan fingerprint density at radius 2 is 1.92 bits per heavy atom. The first-order valence-corrected chi connectivity index (χ1v) is 8.35. The predicted molar refractivity (Wildman–Crippen MR) is 99.6 cm³/mol. The lowest BCUT2D eigenvalue weighted by Gasteiger charge is -2.16. The molecule has 1 N–H and O–H groups in total. The van der Waals surface area contributed by atoms with Crippen LogP contribution in [0.5, 0.6) is 5.75 Å². The summed E-state index contributed by atoms with van der Waals surface area (Å²) in [6.45, 7) is 4.14. The van der Waals surface area contributed by atoms with Crippen molar-refractivity contribution in [2.45, 2.75) is 20.0 Å². The number of anilines is 1. The Bertz CT molecular complexity index is 941. The van der Waals surface area contributed by atoms with Crippen LogP contribution < -0.4 is 15.7 Å². The number of rotatable bonds is 6. The standard InChI is InChI=1S/C20H20FN3O2/c1-14-11-19(23-20(25)24(14)17-8-4-3-5-9-17)22-13-15(2)26-18-10-6-7-16(21)12-18/h3-12,15H,13H2,1-2H3,(H,22,23,25). The fourth-order valence-electron chi connectivity index (χ4n) is 2.64. The number of aryl methyl sites for hydroxylation is 1. The lowest BCUT2D eigenvalue weighted by molar-refractivity contribution is 0.233.